The van der Waals surface area contributed by atoms with Crippen LogP contribution in [0.15, 0.2) is 127 Å². The molecule has 5 aromatic rings. The average molecular weight is 743 g/mol. The molecule has 0 bridgehead atoms. The topological polar surface area (TPSA) is 155 Å². The summed E-state index contributed by atoms with van der Waals surface area (Å²) < 4.78 is 10.5. The summed E-state index contributed by atoms with van der Waals surface area (Å²) in [5, 5.41) is 15.5. The Hall–Kier alpha value is -6.95. The van der Waals surface area contributed by atoms with E-state index in [0.29, 0.717) is 22.9 Å². The van der Waals surface area contributed by atoms with Gasteiger partial charge in [0.2, 0.25) is 11.8 Å². The minimum atomic E-state index is -1.38. The maximum atomic E-state index is 13.9. The summed E-state index contributed by atoms with van der Waals surface area (Å²) in [7, 11) is 6.24. The van der Waals surface area contributed by atoms with Gasteiger partial charge in [0.25, 0.3) is 11.8 Å². The van der Waals surface area contributed by atoms with Crippen molar-refractivity contribution in [2.24, 2.45) is 0 Å². The first-order chi connectivity index (χ1) is 26.5. The lowest BCUT2D eigenvalue weighted by Crippen LogP contribution is -2.49. The number of methoxy groups -OCH3 is 2. The third kappa shape index (κ3) is 10.1. The standard InChI is InChI=1S/C43H42N4O8/c1-46(33-15-19-35(54-3)20-16-33)41(50)37(23-28-11-7-5-8-12-28)44-39(48)30-25-31(27-32(26-30)43(52)53)40(49)45-38(24-29-13-9-6-10-14-29)42(51)47(2)34-17-21-36(55-4)22-18-34/h5-22,25-27,37-38H,23-24H2,1-4H3,(H,44,48)(H,45,49)(H,52,53)/t37-,38-/m0/s1. The van der Waals surface area contributed by atoms with Crippen LogP contribution in [0.5, 0.6) is 11.5 Å². The fourth-order valence-corrected chi connectivity index (χ4v) is 5.93. The smallest absolute Gasteiger partial charge is 0.335 e. The highest BCUT2D eigenvalue weighted by Crippen LogP contribution is 2.22. The van der Waals surface area contributed by atoms with E-state index in [1.807, 2.05) is 60.7 Å². The number of likely N-dealkylation sites (N-methyl/N-ethyl adjacent to an activating group) is 2. The van der Waals surface area contributed by atoms with Gasteiger partial charge in [-0.15, -0.1) is 0 Å². The maximum Gasteiger partial charge on any atom is 0.335 e. The third-order valence-corrected chi connectivity index (χ3v) is 9.06. The summed E-state index contributed by atoms with van der Waals surface area (Å²) in [6.45, 7) is 0. The lowest BCUT2D eigenvalue weighted by atomic mass is 10.0. The molecule has 0 unspecified atom stereocenters. The maximum absolute atomic E-state index is 13.9. The number of nitrogens with zero attached hydrogens (tertiary/aromatic N) is 2. The molecule has 0 spiro atoms. The zero-order chi connectivity index (χ0) is 39.5. The molecule has 5 aromatic carbocycles. The molecule has 0 aromatic heterocycles. The van der Waals surface area contributed by atoms with Crippen LogP contribution >= 0.6 is 0 Å². The van der Waals surface area contributed by atoms with Crippen molar-refractivity contribution in [3.8, 4) is 11.5 Å². The van der Waals surface area contributed by atoms with Gasteiger partial charge in [-0.1, -0.05) is 60.7 Å². The van der Waals surface area contributed by atoms with Crippen LogP contribution in [0.1, 0.15) is 42.2 Å². The SMILES string of the molecule is COc1ccc(N(C)C(=O)[C@H](Cc2ccccc2)NC(=O)c2cc(C(=O)O)cc(C(=O)N[C@@H](Cc3ccccc3)C(=O)N(C)c3ccc(OC)cc3)c2)cc1. The van der Waals surface area contributed by atoms with Crippen LogP contribution in [0.3, 0.4) is 0 Å². The lowest BCUT2D eigenvalue weighted by Gasteiger charge is -2.26. The molecular weight excluding hydrogens is 700 g/mol. The van der Waals surface area contributed by atoms with E-state index >= 15 is 0 Å². The molecule has 4 amide bonds. The fraction of sp³-hybridized carbons (Fsp3) is 0.186. The molecule has 0 fully saturated rings. The molecule has 12 heteroatoms. The van der Waals surface area contributed by atoms with Crippen LogP contribution in [0, 0.1) is 0 Å². The van der Waals surface area contributed by atoms with Crippen molar-refractivity contribution in [3.63, 3.8) is 0 Å². The molecule has 0 saturated heterocycles. The predicted molar refractivity (Wildman–Crippen MR) is 209 cm³/mol. The number of rotatable bonds is 15. The minimum Gasteiger partial charge on any atom is -0.497 e. The van der Waals surface area contributed by atoms with Crippen LogP contribution in [0.25, 0.3) is 0 Å². The number of aromatic carboxylic acids is 1. The first kappa shape index (κ1) is 39.3. The van der Waals surface area contributed by atoms with Gasteiger partial charge in [0.15, 0.2) is 0 Å². The van der Waals surface area contributed by atoms with Crippen molar-refractivity contribution < 1.29 is 38.6 Å². The molecule has 282 valence electrons. The quantitative estimate of drug-likeness (QED) is 0.129. The molecule has 55 heavy (non-hydrogen) atoms. The van der Waals surface area contributed by atoms with E-state index in [4.69, 9.17) is 9.47 Å². The Balaban J connectivity index is 1.43. The summed E-state index contributed by atoms with van der Waals surface area (Å²) in [6.07, 6.45) is 0.256. The van der Waals surface area contributed by atoms with E-state index in [0.717, 1.165) is 23.3 Å². The number of hydrogen-bond donors (Lipinski definition) is 3. The number of nitrogens with one attached hydrogen (secondary N) is 2. The number of carboxylic acid groups (broad SMARTS) is 1. The lowest BCUT2D eigenvalue weighted by molar-refractivity contribution is -0.120. The van der Waals surface area contributed by atoms with Crippen molar-refractivity contribution in [3.05, 3.63) is 155 Å². The van der Waals surface area contributed by atoms with Crippen LogP contribution in [-0.2, 0) is 22.4 Å². The Morgan fingerprint density at radius 2 is 0.891 bits per heavy atom. The number of anilines is 2. The zero-order valence-electron chi connectivity index (χ0n) is 30.9. The van der Waals surface area contributed by atoms with Gasteiger partial charge in [0.05, 0.1) is 19.8 Å². The van der Waals surface area contributed by atoms with E-state index < -0.39 is 41.7 Å². The van der Waals surface area contributed by atoms with Crippen molar-refractivity contribution in [1.82, 2.24) is 10.6 Å². The predicted octanol–water partition coefficient (Wildman–Crippen LogP) is 5.41. The first-order valence-electron chi connectivity index (χ1n) is 17.4. The Bertz CT molecular complexity index is 1980. The van der Waals surface area contributed by atoms with Crippen LogP contribution in [-0.4, -0.2) is 75.1 Å². The number of carbonyl (C=O) groups excluding carboxylic acids is 4. The number of amides is 4. The minimum absolute atomic E-state index is 0.128. The second-order valence-corrected chi connectivity index (χ2v) is 12.7. The normalized spacial score (nSPS) is 11.7. The third-order valence-electron chi connectivity index (χ3n) is 9.06. The molecule has 0 saturated carbocycles. The number of hydrogen-bond acceptors (Lipinski definition) is 7. The van der Waals surface area contributed by atoms with Gasteiger partial charge >= 0.3 is 5.97 Å². The number of benzene rings is 5. The van der Waals surface area contributed by atoms with Crippen molar-refractivity contribution in [2.45, 2.75) is 24.9 Å². The summed E-state index contributed by atoms with van der Waals surface area (Å²) in [5.41, 5.74) is 2.01. The van der Waals surface area contributed by atoms with Crippen molar-refractivity contribution in [1.29, 1.82) is 0 Å². The average Bonchev–Trinajstić information content (AvgIpc) is 3.22. The first-order valence-corrected chi connectivity index (χ1v) is 17.4. The highest BCUT2D eigenvalue weighted by molar-refractivity contribution is 6.07. The summed E-state index contributed by atoms with van der Waals surface area (Å²) in [4.78, 5) is 70.8. The Morgan fingerprint density at radius 1 is 0.545 bits per heavy atom. The highest BCUT2D eigenvalue weighted by atomic mass is 16.5. The van der Waals surface area contributed by atoms with Gasteiger partial charge in [-0.2, -0.15) is 0 Å². The second kappa shape index (κ2) is 18.2. The molecular formula is C43H42N4O8. The van der Waals surface area contributed by atoms with Gasteiger partial charge in [-0.25, -0.2) is 4.79 Å². The largest absolute Gasteiger partial charge is 0.497 e. The molecule has 2 atom stereocenters. The monoisotopic (exact) mass is 742 g/mol. The summed E-state index contributed by atoms with van der Waals surface area (Å²) >= 11 is 0. The molecule has 0 aliphatic rings. The van der Waals surface area contributed by atoms with E-state index in [9.17, 15) is 29.1 Å². The van der Waals surface area contributed by atoms with Gasteiger partial charge in [0.1, 0.15) is 23.6 Å². The zero-order valence-corrected chi connectivity index (χ0v) is 30.9. The number of carbonyl (C=O) groups is 5. The number of ether oxygens (including phenoxy) is 2. The van der Waals surface area contributed by atoms with Gasteiger partial charge in [-0.05, 0) is 77.9 Å². The van der Waals surface area contributed by atoms with E-state index in [1.54, 1.807) is 62.6 Å². The molecule has 0 heterocycles. The summed E-state index contributed by atoms with van der Waals surface area (Å²) in [5.74, 6) is -2.57. The molecule has 0 radical (unpaired) electrons. The van der Waals surface area contributed by atoms with Crippen molar-refractivity contribution in [2.75, 3.05) is 38.1 Å². The van der Waals surface area contributed by atoms with Crippen LogP contribution in [0.4, 0.5) is 11.4 Å². The molecule has 0 aliphatic heterocycles. The van der Waals surface area contributed by atoms with Gasteiger partial charge in [-0.3, -0.25) is 19.2 Å². The highest BCUT2D eigenvalue weighted by Gasteiger charge is 2.29. The van der Waals surface area contributed by atoms with Crippen molar-refractivity contribution >= 4 is 41.0 Å². The molecule has 5 rings (SSSR count). The van der Waals surface area contributed by atoms with E-state index in [2.05, 4.69) is 10.6 Å². The van der Waals surface area contributed by atoms with E-state index in [-0.39, 0.29) is 29.5 Å². The Kier molecular flexibility index (Phi) is 13.0. The molecule has 12 nitrogen and oxygen atoms in total. The Labute approximate surface area is 319 Å². The molecule has 3 N–H and O–H groups in total. The van der Waals surface area contributed by atoms with E-state index in [1.165, 1.54) is 30.1 Å². The fourth-order valence-electron chi connectivity index (χ4n) is 5.93. The molecule has 0 aliphatic carbocycles. The van der Waals surface area contributed by atoms with Crippen LogP contribution < -0.4 is 29.9 Å². The van der Waals surface area contributed by atoms with Gasteiger partial charge in [0, 0.05) is 49.4 Å². The number of carboxylic acids is 1. The Morgan fingerprint density at radius 3 is 1.22 bits per heavy atom. The summed E-state index contributed by atoms with van der Waals surface area (Å²) in [6, 6.07) is 33.3. The van der Waals surface area contributed by atoms with Gasteiger partial charge < -0.3 is 35.0 Å². The second-order valence-electron chi connectivity index (χ2n) is 12.7. The van der Waals surface area contributed by atoms with Crippen LogP contribution in [0.2, 0.25) is 0 Å².